The molecular formula is C26H40N4O. The van der Waals surface area contributed by atoms with Crippen molar-refractivity contribution in [2.24, 2.45) is 4.99 Å². The number of aromatic amines is 1. The standard InChI is InChI=1S/C18H16N4O.4C2H6/c1-12-2-6-14(7-3-12)15-8-4-13(5-9-15)11-20-16-10-17(23)22-18(19)21-16;4*1-2/h2-11H,1H3,(H3,19,21,22,23);4*1-2H3. The second kappa shape index (κ2) is 18.8. The Morgan fingerprint density at radius 3 is 1.71 bits per heavy atom. The fourth-order valence-electron chi connectivity index (χ4n) is 2.18. The van der Waals surface area contributed by atoms with Crippen LogP contribution >= 0.6 is 0 Å². The molecule has 0 fully saturated rings. The van der Waals surface area contributed by atoms with Crippen molar-refractivity contribution in [2.75, 3.05) is 5.73 Å². The Kier molecular flexibility index (Phi) is 18.2. The van der Waals surface area contributed by atoms with Crippen molar-refractivity contribution in [3.63, 3.8) is 0 Å². The van der Waals surface area contributed by atoms with Gasteiger partial charge in [0, 0.05) is 12.3 Å². The number of hydrogen-bond acceptors (Lipinski definition) is 4. The normalized spacial score (nSPS) is 8.94. The average Bonchev–Trinajstić information content (AvgIpc) is 2.83. The Balaban J connectivity index is 0. The van der Waals surface area contributed by atoms with Crippen LogP contribution in [-0.4, -0.2) is 16.2 Å². The Bertz CT molecular complexity index is 896. The maximum absolute atomic E-state index is 11.3. The summed E-state index contributed by atoms with van der Waals surface area (Å²) in [4.78, 5) is 21.8. The molecule has 0 saturated heterocycles. The van der Waals surface area contributed by atoms with E-state index >= 15 is 0 Å². The van der Waals surface area contributed by atoms with Crippen LogP contribution in [0.5, 0.6) is 0 Å². The van der Waals surface area contributed by atoms with E-state index in [9.17, 15) is 4.79 Å². The Morgan fingerprint density at radius 2 is 1.26 bits per heavy atom. The molecule has 31 heavy (non-hydrogen) atoms. The van der Waals surface area contributed by atoms with Crippen LogP contribution in [0.4, 0.5) is 11.8 Å². The molecule has 5 nitrogen and oxygen atoms in total. The maximum atomic E-state index is 11.3. The van der Waals surface area contributed by atoms with Gasteiger partial charge in [0.15, 0.2) is 5.82 Å². The summed E-state index contributed by atoms with van der Waals surface area (Å²) in [5, 5.41) is 0. The van der Waals surface area contributed by atoms with Crippen LogP contribution in [0.25, 0.3) is 11.1 Å². The van der Waals surface area contributed by atoms with Gasteiger partial charge < -0.3 is 5.73 Å². The summed E-state index contributed by atoms with van der Waals surface area (Å²) in [6, 6.07) is 17.7. The molecule has 0 unspecified atom stereocenters. The summed E-state index contributed by atoms with van der Waals surface area (Å²) >= 11 is 0. The lowest BCUT2D eigenvalue weighted by Gasteiger charge is -2.03. The molecule has 0 amide bonds. The number of anilines is 1. The van der Waals surface area contributed by atoms with Gasteiger partial charge in [-0.2, -0.15) is 4.98 Å². The number of benzene rings is 2. The highest BCUT2D eigenvalue weighted by Crippen LogP contribution is 2.20. The van der Waals surface area contributed by atoms with Crippen molar-refractivity contribution in [3.8, 4) is 11.1 Å². The minimum Gasteiger partial charge on any atom is -0.369 e. The number of hydrogen-bond donors (Lipinski definition) is 2. The Hall–Kier alpha value is -3.21. The third kappa shape index (κ3) is 11.5. The highest BCUT2D eigenvalue weighted by atomic mass is 16.1. The molecule has 0 aliphatic heterocycles. The number of aliphatic imine (C=N–C) groups is 1. The van der Waals surface area contributed by atoms with E-state index in [0.29, 0.717) is 0 Å². The van der Waals surface area contributed by atoms with E-state index in [1.165, 1.54) is 17.2 Å². The zero-order chi connectivity index (χ0) is 24.2. The number of nitrogen functional groups attached to an aromatic ring is 1. The van der Waals surface area contributed by atoms with Gasteiger partial charge in [-0.1, -0.05) is 109 Å². The molecular weight excluding hydrogens is 384 g/mol. The highest BCUT2D eigenvalue weighted by molar-refractivity contribution is 5.82. The topological polar surface area (TPSA) is 84.1 Å². The largest absolute Gasteiger partial charge is 0.369 e. The molecule has 0 aliphatic rings. The summed E-state index contributed by atoms with van der Waals surface area (Å²) < 4.78 is 0. The molecule has 0 spiro atoms. The van der Waals surface area contributed by atoms with Crippen molar-refractivity contribution < 1.29 is 0 Å². The van der Waals surface area contributed by atoms with Crippen LogP contribution in [0.1, 0.15) is 66.5 Å². The number of aromatic nitrogens is 2. The van der Waals surface area contributed by atoms with Gasteiger partial charge in [-0.15, -0.1) is 0 Å². The lowest BCUT2D eigenvalue weighted by molar-refractivity contribution is 1.13. The van der Waals surface area contributed by atoms with Crippen LogP contribution in [0.2, 0.25) is 0 Å². The van der Waals surface area contributed by atoms with Crippen molar-refractivity contribution >= 4 is 18.0 Å². The van der Waals surface area contributed by atoms with Gasteiger partial charge in [0.05, 0.1) is 0 Å². The highest BCUT2D eigenvalue weighted by Gasteiger charge is 1.98. The molecule has 2 aromatic carbocycles. The zero-order valence-corrected chi connectivity index (χ0v) is 20.7. The lowest BCUT2D eigenvalue weighted by Crippen LogP contribution is -2.08. The molecule has 0 bridgehead atoms. The summed E-state index contributed by atoms with van der Waals surface area (Å²) in [6.07, 6.45) is 1.65. The zero-order valence-electron chi connectivity index (χ0n) is 20.7. The molecule has 5 heteroatoms. The van der Waals surface area contributed by atoms with Gasteiger partial charge in [-0.25, -0.2) is 4.99 Å². The molecule has 0 saturated carbocycles. The van der Waals surface area contributed by atoms with Gasteiger partial charge in [0.1, 0.15) is 0 Å². The predicted octanol–water partition coefficient (Wildman–Crippen LogP) is 7.18. The van der Waals surface area contributed by atoms with Gasteiger partial charge in [0.2, 0.25) is 5.95 Å². The third-order valence-corrected chi connectivity index (χ3v) is 3.39. The molecule has 1 aromatic heterocycles. The van der Waals surface area contributed by atoms with E-state index in [2.05, 4.69) is 46.1 Å². The first-order chi connectivity index (χ1) is 15.1. The average molecular weight is 425 g/mol. The fraction of sp³-hybridized carbons (Fsp3) is 0.346. The molecule has 3 aromatic rings. The number of nitrogens with one attached hydrogen (secondary N) is 1. The second-order valence-electron chi connectivity index (χ2n) is 5.24. The quantitative estimate of drug-likeness (QED) is 0.437. The predicted molar refractivity (Wildman–Crippen MR) is 139 cm³/mol. The van der Waals surface area contributed by atoms with Crippen molar-refractivity contribution in [1.29, 1.82) is 0 Å². The van der Waals surface area contributed by atoms with E-state index < -0.39 is 0 Å². The number of nitrogens with zero attached hydrogens (tertiary/aromatic N) is 2. The van der Waals surface area contributed by atoms with E-state index in [0.717, 1.165) is 11.1 Å². The first kappa shape index (κ1) is 30.0. The summed E-state index contributed by atoms with van der Waals surface area (Å²) in [7, 11) is 0. The number of aryl methyl sites for hydroxylation is 1. The van der Waals surface area contributed by atoms with E-state index in [1.807, 2.05) is 79.7 Å². The molecule has 1 heterocycles. The number of nitrogens with two attached hydrogens (primary N) is 1. The van der Waals surface area contributed by atoms with Gasteiger partial charge in [0.25, 0.3) is 5.56 Å². The van der Waals surface area contributed by atoms with Gasteiger partial charge in [-0.05, 0) is 23.6 Å². The van der Waals surface area contributed by atoms with E-state index in [1.54, 1.807) is 6.21 Å². The number of rotatable bonds is 3. The van der Waals surface area contributed by atoms with Crippen molar-refractivity contribution in [1.82, 2.24) is 9.97 Å². The van der Waals surface area contributed by atoms with E-state index in [-0.39, 0.29) is 17.3 Å². The van der Waals surface area contributed by atoms with Crippen LogP contribution in [0, 0.1) is 6.92 Å². The van der Waals surface area contributed by atoms with Crippen molar-refractivity contribution in [2.45, 2.75) is 62.3 Å². The van der Waals surface area contributed by atoms with Gasteiger partial charge in [-0.3, -0.25) is 9.78 Å². The molecule has 170 valence electrons. The molecule has 0 radical (unpaired) electrons. The number of H-pyrrole nitrogens is 1. The monoisotopic (exact) mass is 424 g/mol. The minimum atomic E-state index is -0.320. The first-order valence-corrected chi connectivity index (χ1v) is 11.2. The Labute approximate surface area is 188 Å². The summed E-state index contributed by atoms with van der Waals surface area (Å²) in [5.41, 5.74) is 9.63. The molecule has 3 rings (SSSR count). The third-order valence-electron chi connectivity index (χ3n) is 3.39. The minimum absolute atomic E-state index is 0.0550. The van der Waals surface area contributed by atoms with Crippen LogP contribution < -0.4 is 11.3 Å². The van der Waals surface area contributed by atoms with Crippen LogP contribution in [0.15, 0.2) is 64.4 Å². The van der Waals surface area contributed by atoms with Crippen LogP contribution in [0.3, 0.4) is 0 Å². The summed E-state index contributed by atoms with van der Waals surface area (Å²) in [5.74, 6) is 0.341. The van der Waals surface area contributed by atoms with Crippen molar-refractivity contribution in [3.05, 3.63) is 76.1 Å². The summed E-state index contributed by atoms with van der Waals surface area (Å²) in [6.45, 7) is 18.1. The first-order valence-electron chi connectivity index (χ1n) is 11.2. The molecule has 0 aliphatic carbocycles. The van der Waals surface area contributed by atoms with E-state index in [4.69, 9.17) is 5.73 Å². The smallest absolute Gasteiger partial charge is 0.254 e. The molecule has 0 atom stereocenters. The molecule has 3 N–H and O–H groups in total. The second-order valence-corrected chi connectivity index (χ2v) is 5.24. The van der Waals surface area contributed by atoms with Gasteiger partial charge >= 0.3 is 0 Å². The van der Waals surface area contributed by atoms with Crippen LogP contribution in [-0.2, 0) is 0 Å². The maximum Gasteiger partial charge on any atom is 0.254 e. The lowest BCUT2D eigenvalue weighted by atomic mass is 10.0. The Morgan fingerprint density at radius 1 is 0.806 bits per heavy atom. The SMILES string of the molecule is CC.CC.CC.CC.Cc1ccc(-c2ccc(C=Nc3cc(=O)[nH]c(N)n3)cc2)cc1. The fourth-order valence-corrected chi connectivity index (χ4v) is 2.18.